The van der Waals surface area contributed by atoms with Gasteiger partial charge in [-0.25, -0.2) is 4.79 Å². The monoisotopic (exact) mass is 352 g/mol. The zero-order valence-corrected chi connectivity index (χ0v) is 14.8. The number of aliphatic hydroxyl groups excluding tert-OH is 2. The molecule has 0 spiro atoms. The van der Waals surface area contributed by atoms with E-state index in [0.29, 0.717) is 12.8 Å². The molecule has 1 aromatic rings. The van der Waals surface area contributed by atoms with E-state index in [-0.39, 0.29) is 25.6 Å². The van der Waals surface area contributed by atoms with Crippen LogP contribution in [-0.4, -0.2) is 63.6 Å². The summed E-state index contributed by atoms with van der Waals surface area (Å²) in [5.74, 6) is -0.920. The lowest BCUT2D eigenvalue weighted by atomic mass is 10.0. The van der Waals surface area contributed by atoms with Gasteiger partial charge < -0.3 is 25.5 Å². The molecule has 0 aromatic heterocycles. The average Bonchev–Trinajstić information content (AvgIpc) is 2.57. The Kier molecular flexibility index (Phi) is 8.94. The average molecular weight is 352 g/mol. The number of hydrogen-bond donors (Lipinski definition) is 4. The van der Waals surface area contributed by atoms with Crippen LogP contribution in [0.25, 0.3) is 0 Å². The number of urea groups is 1. The lowest BCUT2D eigenvalue weighted by Crippen LogP contribution is -2.52. The smallest absolute Gasteiger partial charge is 0.318 e. The SMILES string of the molecule is CC(O)CN(C(=O)NC(CCC(=O)O)Cc1ccccc1)C(C)CO. The summed E-state index contributed by atoms with van der Waals surface area (Å²) in [5.41, 5.74) is 0.996. The van der Waals surface area contributed by atoms with Crippen molar-refractivity contribution in [2.45, 2.75) is 51.3 Å². The summed E-state index contributed by atoms with van der Waals surface area (Å²) < 4.78 is 0. The molecule has 1 rings (SSSR count). The van der Waals surface area contributed by atoms with Crippen LogP contribution in [0, 0.1) is 0 Å². The maximum absolute atomic E-state index is 12.6. The van der Waals surface area contributed by atoms with E-state index < -0.39 is 24.1 Å². The van der Waals surface area contributed by atoms with E-state index in [1.165, 1.54) is 4.90 Å². The number of hydrogen-bond acceptors (Lipinski definition) is 4. The fourth-order valence-corrected chi connectivity index (χ4v) is 2.53. The third-order valence-corrected chi connectivity index (χ3v) is 3.88. The molecule has 7 heteroatoms. The van der Waals surface area contributed by atoms with Crippen molar-refractivity contribution < 1.29 is 24.9 Å². The van der Waals surface area contributed by atoms with Gasteiger partial charge in [0.1, 0.15) is 0 Å². The topological polar surface area (TPSA) is 110 Å². The van der Waals surface area contributed by atoms with Crippen molar-refractivity contribution in [2.75, 3.05) is 13.2 Å². The number of carbonyl (C=O) groups is 2. The van der Waals surface area contributed by atoms with Crippen molar-refractivity contribution >= 4 is 12.0 Å². The minimum absolute atomic E-state index is 0.0518. The molecule has 0 aliphatic heterocycles. The first kappa shape index (κ1) is 20.9. The Morgan fingerprint density at radius 2 is 1.84 bits per heavy atom. The van der Waals surface area contributed by atoms with Crippen LogP contribution in [0.5, 0.6) is 0 Å². The molecule has 0 heterocycles. The number of amides is 2. The fourth-order valence-electron chi connectivity index (χ4n) is 2.53. The number of rotatable bonds is 10. The van der Waals surface area contributed by atoms with Gasteiger partial charge in [-0.05, 0) is 32.3 Å². The van der Waals surface area contributed by atoms with Crippen molar-refractivity contribution in [1.82, 2.24) is 10.2 Å². The third kappa shape index (κ3) is 8.00. The summed E-state index contributed by atoms with van der Waals surface area (Å²) in [7, 11) is 0. The van der Waals surface area contributed by atoms with Crippen LogP contribution in [0.2, 0.25) is 0 Å². The van der Waals surface area contributed by atoms with Crippen molar-refractivity contribution in [3.63, 3.8) is 0 Å². The Bertz CT molecular complexity index is 536. The molecule has 0 aliphatic rings. The zero-order chi connectivity index (χ0) is 18.8. The van der Waals surface area contributed by atoms with Crippen molar-refractivity contribution in [3.8, 4) is 0 Å². The molecule has 25 heavy (non-hydrogen) atoms. The van der Waals surface area contributed by atoms with Gasteiger partial charge in [0.25, 0.3) is 0 Å². The minimum atomic E-state index is -0.920. The van der Waals surface area contributed by atoms with Crippen LogP contribution in [0.4, 0.5) is 4.79 Å². The molecule has 0 radical (unpaired) electrons. The van der Waals surface area contributed by atoms with Gasteiger partial charge in [0, 0.05) is 19.0 Å². The second-order valence-electron chi connectivity index (χ2n) is 6.30. The molecule has 3 unspecified atom stereocenters. The molecule has 0 fully saturated rings. The number of aliphatic hydroxyl groups is 2. The Labute approximate surface area is 148 Å². The predicted octanol–water partition coefficient (Wildman–Crippen LogP) is 1.24. The maximum Gasteiger partial charge on any atom is 0.318 e. The molecule has 7 nitrogen and oxygen atoms in total. The highest BCUT2D eigenvalue weighted by atomic mass is 16.4. The summed E-state index contributed by atoms with van der Waals surface area (Å²) in [4.78, 5) is 24.8. The largest absolute Gasteiger partial charge is 0.481 e. The molecule has 2 amide bonds. The fraction of sp³-hybridized carbons (Fsp3) is 0.556. The lowest BCUT2D eigenvalue weighted by Gasteiger charge is -2.31. The van der Waals surface area contributed by atoms with E-state index in [1.54, 1.807) is 13.8 Å². The van der Waals surface area contributed by atoms with Crippen LogP contribution in [0.1, 0.15) is 32.3 Å². The molecule has 3 atom stereocenters. The Morgan fingerprint density at radius 3 is 2.36 bits per heavy atom. The highest BCUT2D eigenvalue weighted by Crippen LogP contribution is 2.10. The van der Waals surface area contributed by atoms with E-state index in [9.17, 15) is 19.8 Å². The van der Waals surface area contributed by atoms with Crippen LogP contribution in [-0.2, 0) is 11.2 Å². The van der Waals surface area contributed by atoms with E-state index in [0.717, 1.165) is 5.56 Å². The number of aliphatic carboxylic acids is 1. The van der Waals surface area contributed by atoms with Gasteiger partial charge in [-0.2, -0.15) is 0 Å². The number of carboxylic acid groups (broad SMARTS) is 1. The normalized spacial score (nSPS) is 14.4. The van der Waals surface area contributed by atoms with Gasteiger partial charge in [-0.3, -0.25) is 4.79 Å². The van der Waals surface area contributed by atoms with Gasteiger partial charge in [0.05, 0.1) is 18.8 Å². The van der Waals surface area contributed by atoms with Gasteiger partial charge in [-0.1, -0.05) is 30.3 Å². The molecule has 1 aromatic carbocycles. The van der Waals surface area contributed by atoms with E-state index in [2.05, 4.69) is 5.32 Å². The number of nitrogens with one attached hydrogen (secondary N) is 1. The number of nitrogens with zero attached hydrogens (tertiary/aromatic N) is 1. The van der Waals surface area contributed by atoms with Gasteiger partial charge >= 0.3 is 12.0 Å². The molecule has 4 N–H and O–H groups in total. The summed E-state index contributed by atoms with van der Waals surface area (Å²) in [6.45, 7) is 3.12. The number of carbonyl (C=O) groups excluding carboxylic acids is 1. The standard InChI is InChI=1S/C18H28N2O5/c1-13(12-21)20(11-14(2)22)18(25)19-16(8-9-17(23)24)10-15-6-4-3-5-7-15/h3-7,13-14,16,21-22H,8-12H2,1-2H3,(H,19,25)(H,23,24). The number of benzene rings is 1. The van der Waals surface area contributed by atoms with Crippen LogP contribution in [0.15, 0.2) is 30.3 Å². The van der Waals surface area contributed by atoms with Crippen molar-refractivity contribution in [3.05, 3.63) is 35.9 Å². The van der Waals surface area contributed by atoms with Gasteiger partial charge in [0.15, 0.2) is 0 Å². The lowest BCUT2D eigenvalue weighted by molar-refractivity contribution is -0.137. The Balaban J connectivity index is 2.81. The second kappa shape index (κ2) is 10.7. The minimum Gasteiger partial charge on any atom is -0.481 e. The van der Waals surface area contributed by atoms with E-state index in [1.807, 2.05) is 30.3 Å². The predicted molar refractivity (Wildman–Crippen MR) is 94.3 cm³/mol. The summed E-state index contributed by atoms with van der Waals surface area (Å²) in [5, 5.41) is 30.7. The maximum atomic E-state index is 12.6. The molecule has 140 valence electrons. The van der Waals surface area contributed by atoms with Crippen LogP contribution < -0.4 is 5.32 Å². The molecule has 0 saturated carbocycles. The van der Waals surface area contributed by atoms with Gasteiger partial charge in [-0.15, -0.1) is 0 Å². The Morgan fingerprint density at radius 1 is 1.20 bits per heavy atom. The second-order valence-corrected chi connectivity index (χ2v) is 6.30. The van der Waals surface area contributed by atoms with E-state index in [4.69, 9.17) is 5.11 Å². The molecular formula is C18H28N2O5. The third-order valence-electron chi connectivity index (χ3n) is 3.88. The first-order chi connectivity index (χ1) is 11.8. The van der Waals surface area contributed by atoms with Gasteiger partial charge in [0.2, 0.25) is 0 Å². The quantitative estimate of drug-likeness (QED) is 0.506. The van der Waals surface area contributed by atoms with Crippen LogP contribution >= 0.6 is 0 Å². The molecular weight excluding hydrogens is 324 g/mol. The molecule has 0 saturated heterocycles. The first-order valence-corrected chi connectivity index (χ1v) is 8.45. The van der Waals surface area contributed by atoms with Crippen molar-refractivity contribution in [1.29, 1.82) is 0 Å². The summed E-state index contributed by atoms with van der Waals surface area (Å²) in [6, 6.07) is 8.28. The van der Waals surface area contributed by atoms with E-state index >= 15 is 0 Å². The summed E-state index contributed by atoms with van der Waals surface area (Å²) >= 11 is 0. The Hall–Kier alpha value is -2.12. The van der Waals surface area contributed by atoms with Crippen molar-refractivity contribution in [2.24, 2.45) is 0 Å². The zero-order valence-electron chi connectivity index (χ0n) is 14.8. The highest BCUT2D eigenvalue weighted by Gasteiger charge is 2.24. The number of carboxylic acids is 1. The van der Waals surface area contributed by atoms with Crippen LogP contribution in [0.3, 0.4) is 0 Å². The molecule has 0 bridgehead atoms. The molecule has 0 aliphatic carbocycles. The first-order valence-electron chi connectivity index (χ1n) is 8.45. The summed E-state index contributed by atoms with van der Waals surface area (Å²) in [6.07, 6.45) is 0.0253. The highest BCUT2D eigenvalue weighted by molar-refractivity contribution is 5.75.